The van der Waals surface area contributed by atoms with Gasteiger partial charge >= 0.3 is 0 Å². The average Bonchev–Trinajstić information content (AvgIpc) is 2.37. The van der Waals surface area contributed by atoms with Crippen molar-refractivity contribution in [2.24, 2.45) is 5.41 Å². The fourth-order valence-corrected chi connectivity index (χ4v) is 2.37. The van der Waals surface area contributed by atoms with Crippen molar-refractivity contribution in [3.63, 3.8) is 0 Å². The predicted octanol–water partition coefficient (Wildman–Crippen LogP) is 1.96. The first kappa shape index (κ1) is 13.8. The Hall–Kier alpha value is -1.58. The number of hydrogen-bond donors (Lipinski definition) is 0. The summed E-state index contributed by atoms with van der Waals surface area (Å²) in [6, 6.07) is 7.36. The second-order valence-electron chi connectivity index (χ2n) is 4.37. The second-order valence-corrected chi connectivity index (χ2v) is 5.22. The molecule has 100 valence electrons. The Kier molecular flexibility index (Phi) is 3.78. The molecule has 1 aromatic carbocycles. The standard InChI is InChI=1S/C13H13BrN2O3/c1-16(12(17)13(6-15)7-19-8-13)9-3-4-11(18-2)10(14)5-9/h3-5H,7-8H2,1-2H3. The molecule has 19 heavy (non-hydrogen) atoms. The monoisotopic (exact) mass is 324 g/mol. The third kappa shape index (κ3) is 2.31. The molecule has 0 bridgehead atoms. The summed E-state index contributed by atoms with van der Waals surface area (Å²) < 4.78 is 10.9. The van der Waals surface area contributed by atoms with Gasteiger partial charge in [0.25, 0.3) is 5.91 Å². The molecule has 0 spiro atoms. The maximum Gasteiger partial charge on any atom is 0.252 e. The van der Waals surface area contributed by atoms with Gasteiger partial charge in [-0.15, -0.1) is 0 Å². The summed E-state index contributed by atoms with van der Waals surface area (Å²) in [5.74, 6) is 0.435. The molecule has 0 radical (unpaired) electrons. The fourth-order valence-electron chi connectivity index (χ4n) is 1.84. The number of anilines is 1. The van der Waals surface area contributed by atoms with Crippen molar-refractivity contribution < 1.29 is 14.3 Å². The first-order valence-corrected chi connectivity index (χ1v) is 6.44. The van der Waals surface area contributed by atoms with Crippen molar-refractivity contribution in [3.8, 4) is 11.8 Å². The number of rotatable bonds is 3. The number of carbonyl (C=O) groups is 1. The van der Waals surface area contributed by atoms with Crippen LogP contribution in [0.1, 0.15) is 0 Å². The van der Waals surface area contributed by atoms with E-state index >= 15 is 0 Å². The van der Waals surface area contributed by atoms with Crippen LogP contribution in [-0.2, 0) is 9.53 Å². The smallest absolute Gasteiger partial charge is 0.252 e. The van der Waals surface area contributed by atoms with Crippen LogP contribution in [0, 0.1) is 16.7 Å². The minimum atomic E-state index is -1.04. The van der Waals surface area contributed by atoms with E-state index in [2.05, 4.69) is 15.9 Å². The maximum atomic E-state index is 12.3. The maximum absolute atomic E-state index is 12.3. The Bertz CT molecular complexity index is 549. The lowest BCUT2D eigenvalue weighted by Crippen LogP contribution is -2.53. The molecule has 0 atom stereocenters. The van der Waals surface area contributed by atoms with Crippen molar-refractivity contribution >= 4 is 27.5 Å². The molecule has 1 heterocycles. The highest BCUT2D eigenvalue weighted by Crippen LogP contribution is 2.33. The summed E-state index contributed by atoms with van der Waals surface area (Å²) in [5.41, 5.74) is -0.347. The average molecular weight is 325 g/mol. The number of nitriles is 1. The molecule has 1 saturated heterocycles. The minimum Gasteiger partial charge on any atom is -0.496 e. The fraction of sp³-hybridized carbons (Fsp3) is 0.385. The van der Waals surface area contributed by atoms with Gasteiger partial charge in [-0.3, -0.25) is 4.79 Å². The van der Waals surface area contributed by atoms with Gasteiger partial charge in [0.05, 0.1) is 30.9 Å². The van der Waals surface area contributed by atoms with E-state index in [1.807, 2.05) is 6.07 Å². The number of hydrogen-bond acceptors (Lipinski definition) is 4. The summed E-state index contributed by atoms with van der Waals surface area (Å²) in [5, 5.41) is 9.13. The van der Waals surface area contributed by atoms with Crippen LogP contribution in [0.4, 0.5) is 5.69 Å². The Morgan fingerprint density at radius 1 is 1.58 bits per heavy atom. The van der Waals surface area contributed by atoms with Crippen LogP contribution in [0.5, 0.6) is 5.75 Å². The van der Waals surface area contributed by atoms with E-state index in [1.54, 1.807) is 32.4 Å². The van der Waals surface area contributed by atoms with Crippen LogP contribution < -0.4 is 9.64 Å². The van der Waals surface area contributed by atoms with Gasteiger partial charge in [-0.25, -0.2) is 0 Å². The third-order valence-electron chi connectivity index (χ3n) is 3.15. The number of methoxy groups -OCH3 is 1. The molecule has 1 fully saturated rings. The predicted molar refractivity (Wildman–Crippen MR) is 73.0 cm³/mol. The first-order chi connectivity index (χ1) is 9.04. The highest BCUT2D eigenvalue weighted by atomic mass is 79.9. The van der Waals surface area contributed by atoms with Gasteiger partial charge in [0, 0.05) is 12.7 Å². The van der Waals surface area contributed by atoms with E-state index < -0.39 is 5.41 Å². The Morgan fingerprint density at radius 3 is 2.68 bits per heavy atom. The Morgan fingerprint density at radius 2 is 2.26 bits per heavy atom. The highest BCUT2D eigenvalue weighted by molar-refractivity contribution is 9.10. The summed E-state index contributed by atoms with van der Waals surface area (Å²) in [4.78, 5) is 13.8. The largest absolute Gasteiger partial charge is 0.496 e. The van der Waals surface area contributed by atoms with Crippen molar-refractivity contribution in [1.29, 1.82) is 5.26 Å². The lowest BCUT2D eigenvalue weighted by molar-refractivity contribution is -0.146. The molecule has 6 heteroatoms. The Balaban J connectivity index is 2.25. The quantitative estimate of drug-likeness (QED) is 0.852. The molecular weight excluding hydrogens is 312 g/mol. The van der Waals surface area contributed by atoms with Crippen LogP contribution in [0.2, 0.25) is 0 Å². The van der Waals surface area contributed by atoms with Gasteiger partial charge < -0.3 is 14.4 Å². The summed E-state index contributed by atoms with van der Waals surface area (Å²) in [6.45, 7) is 0.313. The second kappa shape index (κ2) is 5.19. The van der Waals surface area contributed by atoms with E-state index in [-0.39, 0.29) is 19.1 Å². The number of amides is 1. The zero-order valence-electron chi connectivity index (χ0n) is 10.6. The van der Waals surface area contributed by atoms with Crippen molar-refractivity contribution in [2.75, 3.05) is 32.3 Å². The Labute approximate surface area is 119 Å². The zero-order valence-corrected chi connectivity index (χ0v) is 12.2. The van der Waals surface area contributed by atoms with Gasteiger partial charge in [0.1, 0.15) is 5.75 Å². The summed E-state index contributed by atoms with van der Waals surface area (Å²) >= 11 is 3.37. The normalized spacial score (nSPS) is 16.1. The molecule has 1 aliphatic rings. The van der Waals surface area contributed by atoms with Crippen molar-refractivity contribution in [1.82, 2.24) is 0 Å². The highest BCUT2D eigenvalue weighted by Gasteiger charge is 2.48. The topological polar surface area (TPSA) is 62.6 Å². The lowest BCUT2D eigenvalue weighted by Gasteiger charge is -2.36. The molecule has 0 aliphatic carbocycles. The van der Waals surface area contributed by atoms with E-state index in [1.165, 1.54) is 4.90 Å². The van der Waals surface area contributed by atoms with Crippen LogP contribution in [0.3, 0.4) is 0 Å². The number of carbonyl (C=O) groups excluding carboxylic acids is 1. The van der Waals surface area contributed by atoms with E-state index in [4.69, 9.17) is 14.7 Å². The van der Waals surface area contributed by atoms with Gasteiger partial charge in [0.15, 0.2) is 5.41 Å². The van der Waals surface area contributed by atoms with Crippen molar-refractivity contribution in [3.05, 3.63) is 22.7 Å². The molecule has 0 unspecified atom stereocenters. The van der Waals surface area contributed by atoms with Gasteiger partial charge in [-0.1, -0.05) is 0 Å². The van der Waals surface area contributed by atoms with E-state index in [0.717, 1.165) is 4.47 Å². The van der Waals surface area contributed by atoms with Crippen LogP contribution in [-0.4, -0.2) is 33.3 Å². The molecule has 0 saturated carbocycles. The minimum absolute atomic E-state index is 0.157. The SMILES string of the molecule is COc1ccc(N(C)C(=O)C2(C#N)COC2)cc1Br. The molecule has 1 aliphatic heterocycles. The first-order valence-electron chi connectivity index (χ1n) is 5.65. The van der Waals surface area contributed by atoms with Gasteiger partial charge in [-0.05, 0) is 34.1 Å². The van der Waals surface area contributed by atoms with Crippen molar-refractivity contribution in [2.45, 2.75) is 0 Å². The number of halogens is 1. The number of benzene rings is 1. The lowest BCUT2D eigenvalue weighted by atomic mass is 9.86. The molecule has 1 amide bonds. The molecule has 2 rings (SSSR count). The molecule has 0 N–H and O–H groups in total. The van der Waals surface area contributed by atoms with Crippen LogP contribution >= 0.6 is 15.9 Å². The molecule has 1 aromatic rings. The third-order valence-corrected chi connectivity index (χ3v) is 3.77. The van der Waals surface area contributed by atoms with Gasteiger partial charge in [-0.2, -0.15) is 5.26 Å². The van der Waals surface area contributed by atoms with E-state index in [9.17, 15) is 4.79 Å². The molecule has 5 nitrogen and oxygen atoms in total. The van der Waals surface area contributed by atoms with Crippen LogP contribution in [0.15, 0.2) is 22.7 Å². The summed E-state index contributed by atoms with van der Waals surface area (Å²) in [6.07, 6.45) is 0. The zero-order chi connectivity index (χ0) is 14.0. The summed E-state index contributed by atoms with van der Waals surface area (Å²) in [7, 11) is 3.22. The van der Waals surface area contributed by atoms with Gasteiger partial charge in [0.2, 0.25) is 0 Å². The van der Waals surface area contributed by atoms with E-state index in [0.29, 0.717) is 11.4 Å². The van der Waals surface area contributed by atoms with Crippen LogP contribution in [0.25, 0.3) is 0 Å². The molecule has 0 aromatic heterocycles. The number of nitrogens with zero attached hydrogens (tertiary/aromatic N) is 2. The number of ether oxygens (including phenoxy) is 2. The molecular formula is C13H13BrN2O3.